The lowest BCUT2D eigenvalue weighted by atomic mass is 9.86. The number of halogens is 2. The van der Waals surface area contributed by atoms with E-state index >= 15 is 0 Å². The summed E-state index contributed by atoms with van der Waals surface area (Å²) in [5.74, 6) is -0.609. The first-order valence-corrected chi connectivity index (χ1v) is 8.63. The van der Waals surface area contributed by atoms with Crippen LogP contribution in [0.5, 0.6) is 0 Å². The lowest BCUT2D eigenvalue weighted by molar-refractivity contribution is -0.129. The molecule has 4 rings (SSSR count). The molecular formula is C16H22F2N4O. The maximum atomic E-state index is 13.2. The average Bonchev–Trinajstić information content (AvgIpc) is 3.43. The minimum absolute atomic E-state index is 0.126. The van der Waals surface area contributed by atoms with Gasteiger partial charge in [0.25, 0.3) is 0 Å². The second-order valence-corrected chi connectivity index (χ2v) is 7.20. The molecule has 3 fully saturated rings. The van der Waals surface area contributed by atoms with Crippen molar-refractivity contribution >= 4 is 5.91 Å². The predicted octanol–water partition coefficient (Wildman–Crippen LogP) is 2.93. The van der Waals surface area contributed by atoms with E-state index in [0.717, 1.165) is 24.5 Å². The number of nitrogens with one attached hydrogen (secondary N) is 1. The molecule has 1 heterocycles. The molecule has 1 aromatic rings. The van der Waals surface area contributed by atoms with Crippen molar-refractivity contribution in [1.82, 2.24) is 20.1 Å². The van der Waals surface area contributed by atoms with Gasteiger partial charge in [0.1, 0.15) is 5.82 Å². The summed E-state index contributed by atoms with van der Waals surface area (Å²) < 4.78 is 28.5. The Hall–Kier alpha value is -1.53. The molecule has 0 aliphatic heterocycles. The number of hydrogen-bond acceptors (Lipinski definition) is 3. The highest BCUT2D eigenvalue weighted by Crippen LogP contribution is 2.44. The molecule has 0 radical (unpaired) electrons. The molecule has 126 valence electrons. The van der Waals surface area contributed by atoms with Gasteiger partial charge in [-0.1, -0.05) is 0 Å². The van der Waals surface area contributed by atoms with E-state index in [4.69, 9.17) is 0 Å². The van der Waals surface area contributed by atoms with Gasteiger partial charge in [-0.2, -0.15) is 0 Å². The molecule has 5 nitrogen and oxygen atoms in total. The van der Waals surface area contributed by atoms with E-state index in [2.05, 4.69) is 20.1 Å². The maximum absolute atomic E-state index is 13.2. The van der Waals surface area contributed by atoms with E-state index in [1.807, 2.05) is 0 Å². The van der Waals surface area contributed by atoms with E-state index < -0.39 is 5.92 Å². The van der Waals surface area contributed by atoms with Crippen LogP contribution in [-0.4, -0.2) is 26.6 Å². The zero-order valence-electron chi connectivity index (χ0n) is 13.1. The molecule has 0 unspecified atom stereocenters. The molecule has 23 heavy (non-hydrogen) atoms. The topological polar surface area (TPSA) is 59.8 Å². The molecule has 0 bridgehead atoms. The summed E-state index contributed by atoms with van der Waals surface area (Å²) in [6.07, 6.45) is 4.81. The summed E-state index contributed by atoms with van der Waals surface area (Å²) in [6, 6.07) is 0.487. The summed E-state index contributed by atoms with van der Waals surface area (Å²) in [7, 11) is 0. The van der Waals surface area contributed by atoms with Gasteiger partial charge in [0.15, 0.2) is 5.82 Å². The third kappa shape index (κ3) is 3.23. The van der Waals surface area contributed by atoms with E-state index in [9.17, 15) is 13.6 Å². The van der Waals surface area contributed by atoms with Crippen molar-refractivity contribution in [3.8, 4) is 0 Å². The summed E-state index contributed by atoms with van der Waals surface area (Å²) in [4.78, 5) is 12.2. The summed E-state index contributed by atoms with van der Waals surface area (Å²) in [6.45, 7) is 0.349. The van der Waals surface area contributed by atoms with Gasteiger partial charge < -0.3 is 9.88 Å². The Kier molecular flexibility index (Phi) is 3.61. The zero-order chi connectivity index (χ0) is 16.0. The predicted molar refractivity (Wildman–Crippen MR) is 79.0 cm³/mol. The molecule has 3 aliphatic carbocycles. The van der Waals surface area contributed by atoms with Gasteiger partial charge in [-0.3, -0.25) is 4.79 Å². The Morgan fingerprint density at radius 3 is 2.43 bits per heavy atom. The minimum Gasteiger partial charge on any atom is -0.349 e. The van der Waals surface area contributed by atoms with Crippen molar-refractivity contribution in [3.05, 3.63) is 11.6 Å². The molecule has 1 amide bonds. The van der Waals surface area contributed by atoms with Gasteiger partial charge in [-0.15, -0.1) is 10.2 Å². The second kappa shape index (κ2) is 5.53. The van der Waals surface area contributed by atoms with Crippen molar-refractivity contribution in [1.29, 1.82) is 0 Å². The largest absolute Gasteiger partial charge is 0.349 e. The quantitative estimate of drug-likeness (QED) is 0.906. The molecule has 0 saturated heterocycles. The minimum atomic E-state index is -2.60. The molecule has 0 atom stereocenters. The lowest BCUT2D eigenvalue weighted by Crippen LogP contribution is -2.36. The Labute approximate surface area is 133 Å². The summed E-state index contributed by atoms with van der Waals surface area (Å²) >= 11 is 0. The summed E-state index contributed by atoms with van der Waals surface area (Å²) in [5, 5.41) is 11.5. The van der Waals surface area contributed by atoms with Crippen LogP contribution in [0.3, 0.4) is 0 Å². The number of rotatable bonds is 5. The number of hydrogen-bond donors (Lipinski definition) is 1. The van der Waals surface area contributed by atoms with Crippen LogP contribution in [0.15, 0.2) is 0 Å². The SMILES string of the molecule is O=C(NCc1nnc(C2CC2)n1C1CC1)C1CCC(F)(F)CC1. The van der Waals surface area contributed by atoms with E-state index in [1.165, 1.54) is 12.8 Å². The fourth-order valence-corrected chi connectivity index (χ4v) is 3.42. The molecule has 0 aromatic carbocycles. The van der Waals surface area contributed by atoms with E-state index in [0.29, 0.717) is 18.5 Å². The highest BCUT2D eigenvalue weighted by atomic mass is 19.3. The van der Waals surface area contributed by atoms with Crippen molar-refractivity contribution in [2.24, 2.45) is 5.92 Å². The smallest absolute Gasteiger partial charge is 0.248 e. The Balaban J connectivity index is 1.37. The highest BCUT2D eigenvalue weighted by Gasteiger charge is 2.38. The molecule has 1 aromatic heterocycles. The molecule has 7 heteroatoms. The fourth-order valence-electron chi connectivity index (χ4n) is 3.42. The van der Waals surface area contributed by atoms with Crippen molar-refractivity contribution in [3.63, 3.8) is 0 Å². The molecule has 3 saturated carbocycles. The van der Waals surface area contributed by atoms with Gasteiger partial charge in [0, 0.05) is 30.7 Å². The summed E-state index contributed by atoms with van der Waals surface area (Å²) in [5.41, 5.74) is 0. The van der Waals surface area contributed by atoms with Gasteiger partial charge in [-0.05, 0) is 38.5 Å². The highest BCUT2D eigenvalue weighted by molar-refractivity contribution is 5.78. The number of alkyl halides is 2. The average molecular weight is 324 g/mol. The normalized spacial score (nSPS) is 24.6. The van der Waals surface area contributed by atoms with Crippen LogP contribution in [0.4, 0.5) is 8.78 Å². The van der Waals surface area contributed by atoms with Crippen LogP contribution >= 0.6 is 0 Å². The molecule has 0 spiro atoms. The number of carbonyl (C=O) groups excluding carboxylic acids is 1. The van der Waals surface area contributed by atoms with Crippen LogP contribution in [0.2, 0.25) is 0 Å². The standard InChI is InChI=1S/C16H22F2N4O/c17-16(18)7-5-11(6-8-16)15(23)19-9-13-20-21-14(10-1-2-10)22(13)12-3-4-12/h10-12H,1-9H2,(H,19,23). The van der Waals surface area contributed by atoms with Crippen LogP contribution < -0.4 is 5.32 Å². The molecular weight excluding hydrogens is 302 g/mol. The first kappa shape index (κ1) is 15.0. The molecule has 3 aliphatic rings. The third-order valence-electron chi connectivity index (χ3n) is 5.16. The van der Waals surface area contributed by atoms with Gasteiger partial charge in [0.05, 0.1) is 6.54 Å². The van der Waals surface area contributed by atoms with Gasteiger partial charge >= 0.3 is 0 Å². The fraction of sp³-hybridized carbons (Fsp3) is 0.812. The second-order valence-electron chi connectivity index (χ2n) is 7.20. The van der Waals surface area contributed by atoms with Gasteiger partial charge in [0.2, 0.25) is 11.8 Å². The number of aromatic nitrogens is 3. The van der Waals surface area contributed by atoms with Gasteiger partial charge in [-0.25, -0.2) is 8.78 Å². The van der Waals surface area contributed by atoms with Crippen LogP contribution in [0.1, 0.15) is 75.0 Å². The van der Waals surface area contributed by atoms with E-state index in [-0.39, 0.29) is 37.5 Å². The van der Waals surface area contributed by atoms with E-state index in [1.54, 1.807) is 0 Å². The number of carbonyl (C=O) groups is 1. The van der Waals surface area contributed by atoms with Crippen molar-refractivity contribution in [2.75, 3.05) is 0 Å². The third-order valence-corrected chi connectivity index (χ3v) is 5.16. The van der Waals surface area contributed by atoms with Crippen LogP contribution in [-0.2, 0) is 11.3 Å². The lowest BCUT2D eigenvalue weighted by Gasteiger charge is -2.27. The first-order valence-electron chi connectivity index (χ1n) is 8.63. The number of amides is 1. The Morgan fingerprint density at radius 1 is 1.13 bits per heavy atom. The maximum Gasteiger partial charge on any atom is 0.248 e. The zero-order valence-corrected chi connectivity index (χ0v) is 13.1. The first-order chi connectivity index (χ1) is 11.0. The van der Waals surface area contributed by atoms with Crippen LogP contribution in [0.25, 0.3) is 0 Å². The van der Waals surface area contributed by atoms with Crippen molar-refractivity contribution < 1.29 is 13.6 Å². The molecule has 1 N–H and O–H groups in total. The van der Waals surface area contributed by atoms with Crippen LogP contribution in [0, 0.1) is 5.92 Å². The Morgan fingerprint density at radius 2 is 1.83 bits per heavy atom. The van der Waals surface area contributed by atoms with Crippen molar-refractivity contribution in [2.45, 2.75) is 75.8 Å². The Bertz CT molecular complexity index is 597. The number of nitrogens with zero attached hydrogens (tertiary/aromatic N) is 3. The monoisotopic (exact) mass is 324 g/mol.